The van der Waals surface area contributed by atoms with Gasteiger partial charge in [0.15, 0.2) is 0 Å². The van der Waals surface area contributed by atoms with Crippen molar-refractivity contribution in [2.75, 3.05) is 13.1 Å². The summed E-state index contributed by atoms with van der Waals surface area (Å²) in [6, 6.07) is 15.5. The van der Waals surface area contributed by atoms with Crippen LogP contribution < -0.4 is 11.6 Å². The molecule has 1 saturated heterocycles. The molecule has 146 valence electrons. The molecule has 0 radical (unpaired) electrons. The van der Waals surface area contributed by atoms with Crippen LogP contribution in [0.5, 0.6) is 0 Å². The molecule has 2 aliphatic rings. The molecule has 1 saturated carbocycles. The molecule has 0 bridgehead atoms. The smallest absolute Gasteiger partial charge is 0.254 e. The molecule has 2 fully saturated rings. The zero-order valence-corrected chi connectivity index (χ0v) is 15.9. The number of primary amides is 1. The van der Waals surface area contributed by atoms with Gasteiger partial charge < -0.3 is 10.6 Å². The topological polar surface area (TPSA) is 92.7 Å². The van der Waals surface area contributed by atoms with Crippen molar-refractivity contribution in [1.29, 1.82) is 0 Å². The Morgan fingerprint density at radius 2 is 1.25 bits per heavy atom. The Hall–Kier alpha value is -2.70. The van der Waals surface area contributed by atoms with Gasteiger partial charge in [0, 0.05) is 36.3 Å². The third-order valence-electron chi connectivity index (χ3n) is 5.70. The Morgan fingerprint density at radius 1 is 0.786 bits per heavy atom. The predicted molar refractivity (Wildman–Crippen MR) is 108 cm³/mol. The average molecular weight is 378 g/mol. The predicted octanol–water partition coefficient (Wildman–Crippen LogP) is 2.40. The maximum atomic E-state index is 13.2. The lowest BCUT2D eigenvalue weighted by molar-refractivity contribution is 0.0549. The monoisotopic (exact) mass is 378 g/mol. The zero-order chi connectivity index (χ0) is 19.7. The summed E-state index contributed by atoms with van der Waals surface area (Å²) in [5, 5.41) is 1.84. The molecule has 4 rings (SSSR count). The number of benzene rings is 2. The molecular formula is C22H26N4O2. The van der Waals surface area contributed by atoms with Crippen LogP contribution in [0.4, 0.5) is 0 Å². The van der Waals surface area contributed by atoms with E-state index in [1.54, 1.807) is 12.1 Å². The van der Waals surface area contributed by atoms with Gasteiger partial charge in [0.25, 0.3) is 5.91 Å². The molecule has 1 aliphatic carbocycles. The molecule has 2 amide bonds. The minimum atomic E-state index is -0.437. The Balaban J connectivity index is 1.50. The summed E-state index contributed by atoms with van der Waals surface area (Å²) in [6.45, 7) is 1.67. The van der Waals surface area contributed by atoms with E-state index < -0.39 is 5.91 Å². The van der Waals surface area contributed by atoms with Crippen molar-refractivity contribution < 1.29 is 9.59 Å². The zero-order valence-electron chi connectivity index (χ0n) is 15.9. The molecule has 6 heteroatoms. The Morgan fingerprint density at radius 3 is 1.71 bits per heavy atom. The van der Waals surface area contributed by atoms with Gasteiger partial charge >= 0.3 is 0 Å². The number of nitrogens with two attached hydrogens (primary N) is 2. The fourth-order valence-electron chi connectivity index (χ4n) is 3.93. The van der Waals surface area contributed by atoms with E-state index in [0.29, 0.717) is 11.6 Å². The van der Waals surface area contributed by atoms with Gasteiger partial charge in [0.05, 0.1) is 0 Å². The van der Waals surface area contributed by atoms with E-state index in [1.807, 2.05) is 41.4 Å². The summed E-state index contributed by atoms with van der Waals surface area (Å²) >= 11 is 0. The highest BCUT2D eigenvalue weighted by Gasteiger charge is 2.38. The van der Waals surface area contributed by atoms with Crippen molar-refractivity contribution in [2.45, 2.75) is 37.8 Å². The lowest BCUT2D eigenvalue weighted by atomic mass is 10.00. The van der Waals surface area contributed by atoms with Gasteiger partial charge in [0.2, 0.25) is 5.91 Å². The second-order valence-electron chi connectivity index (χ2n) is 7.73. The fourth-order valence-corrected chi connectivity index (χ4v) is 3.93. The van der Waals surface area contributed by atoms with Gasteiger partial charge in [0.1, 0.15) is 0 Å². The number of rotatable bonds is 5. The van der Waals surface area contributed by atoms with E-state index in [0.717, 1.165) is 55.5 Å². The van der Waals surface area contributed by atoms with Gasteiger partial charge in [-0.25, -0.2) is 5.01 Å². The standard InChI is InChI=1S/C22H26N4O2/c23-21(27)17-5-1-15(2-6-17)16-3-7-18(8-4-16)22(28)26(19-9-10-19)20-11-13-25(24)14-12-20/h1-8,19-20H,9-14,24H2,(H2,23,27). The first kappa shape index (κ1) is 18.7. The number of carbonyl (C=O) groups is 2. The van der Waals surface area contributed by atoms with Gasteiger partial charge in [-0.3, -0.25) is 15.4 Å². The Kier molecular flexibility index (Phi) is 5.15. The highest BCUT2D eigenvalue weighted by atomic mass is 16.2. The van der Waals surface area contributed by atoms with Crippen molar-refractivity contribution in [1.82, 2.24) is 9.91 Å². The van der Waals surface area contributed by atoms with Gasteiger partial charge in [-0.1, -0.05) is 24.3 Å². The quantitative estimate of drug-likeness (QED) is 0.782. The molecule has 1 aliphatic heterocycles. The van der Waals surface area contributed by atoms with Crippen molar-refractivity contribution >= 4 is 11.8 Å². The second kappa shape index (κ2) is 7.73. The van der Waals surface area contributed by atoms with E-state index >= 15 is 0 Å². The number of nitrogens with zero attached hydrogens (tertiary/aromatic N) is 2. The molecule has 2 aromatic carbocycles. The van der Waals surface area contributed by atoms with E-state index in [1.165, 1.54) is 0 Å². The second-order valence-corrected chi connectivity index (χ2v) is 7.73. The van der Waals surface area contributed by atoms with E-state index in [-0.39, 0.29) is 11.9 Å². The first-order chi connectivity index (χ1) is 13.5. The molecule has 0 aromatic heterocycles. The summed E-state index contributed by atoms with van der Waals surface area (Å²) in [5.41, 5.74) is 8.49. The van der Waals surface area contributed by atoms with Crippen LogP contribution in [0.15, 0.2) is 48.5 Å². The number of amides is 2. The number of piperidine rings is 1. The third kappa shape index (κ3) is 3.93. The molecular weight excluding hydrogens is 352 g/mol. The summed E-state index contributed by atoms with van der Waals surface area (Å²) < 4.78 is 0. The van der Waals surface area contributed by atoms with Crippen molar-refractivity contribution in [2.24, 2.45) is 11.6 Å². The molecule has 1 heterocycles. The first-order valence-corrected chi connectivity index (χ1v) is 9.85. The molecule has 0 unspecified atom stereocenters. The average Bonchev–Trinajstić information content (AvgIpc) is 3.55. The molecule has 4 N–H and O–H groups in total. The summed E-state index contributed by atoms with van der Waals surface area (Å²) in [6.07, 6.45) is 4.06. The SMILES string of the molecule is NC(=O)c1ccc(-c2ccc(C(=O)N(C3CC3)C3CCN(N)CC3)cc2)cc1. The van der Waals surface area contributed by atoms with Crippen molar-refractivity contribution in [3.05, 3.63) is 59.7 Å². The maximum Gasteiger partial charge on any atom is 0.254 e. The largest absolute Gasteiger partial charge is 0.366 e. The summed E-state index contributed by atoms with van der Waals surface area (Å²) in [5.74, 6) is 5.56. The van der Waals surface area contributed by atoms with Crippen LogP contribution in [0.3, 0.4) is 0 Å². The molecule has 28 heavy (non-hydrogen) atoms. The molecule has 0 atom stereocenters. The van der Waals surface area contributed by atoms with Gasteiger partial charge in [-0.15, -0.1) is 0 Å². The summed E-state index contributed by atoms with van der Waals surface area (Å²) in [7, 11) is 0. The minimum Gasteiger partial charge on any atom is -0.366 e. The Labute approximate surface area is 165 Å². The van der Waals surface area contributed by atoms with Gasteiger partial charge in [-0.2, -0.15) is 0 Å². The number of carbonyl (C=O) groups excluding carboxylic acids is 2. The van der Waals surface area contributed by atoms with Crippen LogP contribution in [0.2, 0.25) is 0 Å². The van der Waals surface area contributed by atoms with Crippen LogP contribution in [-0.4, -0.2) is 46.9 Å². The normalized spacial score (nSPS) is 18.0. The minimum absolute atomic E-state index is 0.119. The van der Waals surface area contributed by atoms with Crippen molar-refractivity contribution in [3.8, 4) is 11.1 Å². The van der Waals surface area contributed by atoms with Crippen molar-refractivity contribution in [3.63, 3.8) is 0 Å². The number of hydrogen-bond donors (Lipinski definition) is 2. The molecule has 6 nitrogen and oxygen atoms in total. The lowest BCUT2D eigenvalue weighted by Crippen LogP contribution is -2.50. The van der Waals surface area contributed by atoms with Crippen LogP contribution in [0, 0.1) is 0 Å². The van der Waals surface area contributed by atoms with Crippen LogP contribution >= 0.6 is 0 Å². The first-order valence-electron chi connectivity index (χ1n) is 9.85. The summed E-state index contributed by atoms with van der Waals surface area (Å²) in [4.78, 5) is 26.5. The highest BCUT2D eigenvalue weighted by molar-refractivity contribution is 5.95. The Bertz CT molecular complexity index is 851. The number of hydrogen-bond acceptors (Lipinski definition) is 4. The third-order valence-corrected chi connectivity index (χ3v) is 5.70. The van der Waals surface area contributed by atoms with E-state index in [4.69, 9.17) is 11.6 Å². The maximum absolute atomic E-state index is 13.2. The van der Waals surface area contributed by atoms with Gasteiger partial charge in [-0.05, 0) is 61.1 Å². The van der Waals surface area contributed by atoms with Crippen LogP contribution in [0.1, 0.15) is 46.4 Å². The fraction of sp³-hybridized carbons (Fsp3) is 0.364. The van der Waals surface area contributed by atoms with E-state index in [2.05, 4.69) is 4.90 Å². The van der Waals surface area contributed by atoms with Crippen LogP contribution in [-0.2, 0) is 0 Å². The van der Waals surface area contributed by atoms with Crippen LogP contribution in [0.25, 0.3) is 11.1 Å². The molecule has 2 aromatic rings. The van der Waals surface area contributed by atoms with E-state index in [9.17, 15) is 9.59 Å². The lowest BCUT2D eigenvalue weighted by Gasteiger charge is -2.37. The number of hydrazine groups is 1. The highest BCUT2D eigenvalue weighted by Crippen LogP contribution is 2.33. The molecule has 0 spiro atoms.